The van der Waals surface area contributed by atoms with Crippen molar-refractivity contribution in [2.24, 2.45) is 5.92 Å². The molecule has 2 atom stereocenters. The van der Waals surface area contributed by atoms with Gasteiger partial charge in [0.15, 0.2) is 0 Å². The lowest BCUT2D eigenvalue weighted by molar-refractivity contribution is -0.306. The lowest BCUT2D eigenvalue weighted by Crippen LogP contribution is -2.24. The highest BCUT2D eigenvalue weighted by Gasteiger charge is 1.96. The molecule has 0 saturated carbocycles. The maximum atomic E-state index is 9.92. The first-order valence-corrected chi connectivity index (χ1v) is 2.66. The quantitative estimate of drug-likeness (QED) is 0.527. The van der Waals surface area contributed by atoms with E-state index in [4.69, 9.17) is 1.37 Å². The van der Waals surface area contributed by atoms with Crippen molar-refractivity contribution < 1.29 is 11.3 Å². The summed E-state index contributed by atoms with van der Waals surface area (Å²) in [6.07, 6.45) is -0.326. The minimum absolute atomic E-state index is 0.00926. The van der Waals surface area contributed by atoms with Crippen molar-refractivity contribution in [3.8, 4) is 0 Å². The van der Waals surface area contributed by atoms with E-state index in [9.17, 15) is 9.90 Å². The van der Waals surface area contributed by atoms with Crippen molar-refractivity contribution in [2.75, 3.05) is 0 Å². The van der Waals surface area contributed by atoms with E-state index in [1.165, 1.54) is 0 Å². The Labute approximate surface area is 50.9 Å². The zero-order valence-corrected chi connectivity index (χ0v) is 5.18. The Bertz CT molecular complexity index is 101. The molecule has 0 aromatic heterocycles. The van der Waals surface area contributed by atoms with Crippen molar-refractivity contribution in [3.05, 3.63) is 0 Å². The maximum absolute atomic E-state index is 9.92. The Kier molecular flexibility index (Phi) is 2.43. The number of hydrogen-bond acceptors (Lipinski definition) is 2. The molecule has 2 nitrogen and oxygen atoms in total. The summed E-state index contributed by atoms with van der Waals surface area (Å²) in [5, 5.41) is 9.92. The van der Waals surface area contributed by atoms with Gasteiger partial charge in [-0.2, -0.15) is 0 Å². The first-order chi connectivity index (χ1) is 4.04. The van der Waals surface area contributed by atoms with Crippen LogP contribution in [-0.4, -0.2) is 5.97 Å². The van der Waals surface area contributed by atoms with E-state index in [-0.39, 0.29) is 18.7 Å². The molecular weight excluding hydrogens is 104 g/mol. The van der Waals surface area contributed by atoms with Crippen LogP contribution in [0.25, 0.3) is 0 Å². The van der Waals surface area contributed by atoms with Gasteiger partial charge in [-0.1, -0.05) is 20.2 Å². The fraction of sp³-hybridized carbons (Fsp3) is 0.833. The van der Waals surface area contributed by atoms with Crippen LogP contribution in [0.15, 0.2) is 0 Å². The molecular formula is C6H11O2-. The molecule has 0 aromatic carbocycles. The SMILES string of the molecule is [2H]C(C)[C@H](C)CC(=O)[O-]. The highest BCUT2D eigenvalue weighted by atomic mass is 16.4. The zero-order valence-electron chi connectivity index (χ0n) is 6.18. The number of carbonyl (C=O) groups excluding carboxylic acids is 1. The average molecular weight is 116 g/mol. The van der Waals surface area contributed by atoms with E-state index < -0.39 is 5.97 Å². The molecule has 0 saturated heterocycles. The van der Waals surface area contributed by atoms with E-state index in [0.717, 1.165) is 0 Å². The van der Waals surface area contributed by atoms with Gasteiger partial charge in [0, 0.05) is 7.34 Å². The van der Waals surface area contributed by atoms with Crippen LogP contribution >= 0.6 is 0 Å². The topological polar surface area (TPSA) is 40.1 Å². The molecule has 0 spiro atoms. The largest absolute Gasteiger partial charge is 0.550 e. The zero-order chi connectivity index (χ0) is 7.44. The summed E-state index contributed by atoms with van der Waals surface area (Å²) in [5.74, 6) is -1.17. The monoisotopic (exact) mass is 116 g/mol. The minimum atomic E-state index is -1.07. The standard InChI is InChI=1S/C6H12O2/c1-3-5(2)4-6(7)8/h5H,3-4H2,1-2H3,(H,7,8)/p-1/t5-/m0/s1/i3D/t3?,5-. The molecule has 0 fully saturated rings. The van der Waals surface area contributed by atoms with Gasteiger partial charge in [0.2, 0.25) is 0 Å². The Morgan fingerprint density at radius 2 is 2.50 bits per heavy atom. The van der Waals surface area contributed by atoms with Crippen LogP contribution in [0, 0.1) is 5.92 Å². The molecule has 2 heteroatoms. The first-order valence-electron chi connectivity index (χ1n) is 3.24. The van der Waals surface area contributed by atoms with E-state index in [1.54, 1.807) is 13.8 Å². The van der Waals surface area contributed by atoms with Gasteiger partial charge in [-0.05, 0) is 12.3 Å². The molecule has 0 amide bonds. The van der Waals surface area contributed by atoms with Gasteiger partial charge in [0.25, 0.3) is 0 Å². The van der Waals surface area contributed by atoms with Crippen LogP contribution in [0.4, 0.5) is 0 Å². The number of carboxylic acid groups (broad SMARTS) is 1. The van der Waals surface area contributed by atoms with Crippen LogP contribution in [0.3, 0.4) is 0 Å². The molecule has 0 aromatic rings. The van der Waals surface area contributed by atoms with Gasteiger partial charge in [0.1, 0.15) is 0 Å². The Morgan fingerprint density at radius 3 is 2.62 bits per heavy atom. The highest BCUT2D eigenvalue weighted by Crippen LogP contribution is 2.03. The van der Waals surface area contributed by atoms with Crippen LogP contribution in [0.2, 0.25) is 0 Å². The Hall–Kier alpha value is -0.530. The van der Waals surface area contributed by atoms with Crippen molar-refractivity contribution in [1.82, 2.24) is 0 Å². The number of aliphatic carboxylic acids is 1. The Morgan fingerprint density at radius 1 is 2.00 bits per heavy atom. The molecule has 8 heavy (non-hydrogen) atoms. The molecule has 0 N–H and O–H groups in total. The van der Waals surface area contributed by atoms with Crippen molar-refractivity contribution in [1.29, 1.82) is 0 Å². The molecule has 48 valence electrons. The second-order valence-corrected chi connectivity index (χ2v) is 1.89. The summed E-state index contributed by atoms with van der Waals surface area (Å²) in [6.45, 7) is 3.40. The van der Waals surface area contributed by atoms with Crippen LogP contribution < -0.4 is 5.11 Å². The van der Waals surface area contributed by atoms with Gasteiger partial charge in [-0.15, -0.1) is 0 Å². The van der Waals surface area contributed by atoms with Gasteiger partial charge < -0.3 is 9.90 Å². The van der Waals surface area contributed by atoms with Crippen molar-refractivity contribution in [3.63, 3.8) is 0 Å². The lowest BCUT2D eigenvalue weighted by Gasteiger charge is -2.06. The Balaban J connectivity index is 3.50. The van der Waals surface area contributed by atoms with Crippen LogP contribution in [0.1, 0.15) is 28.0 Å². The van der Waals surface area contributed by atoms with Crippen LogP contribution in [-0.2, 0) is 4.79 Å². The summed E-state index contributed by atoms with van der Waals surface area (Å²) in [5.41, 5.74) is 0. The third kappa shape index (κ3) is 3.65. The number of carboxylic acids is 1. The highest BCUT2D eigenvalue weighted by molar-refractivity contribution is 5.64. The molecule has 1 unspecified atom stereocenters. The van der Waals surface area contributed by atoms with E-state index >= 15 is 0 Å². The molecule has 0 aliphatic rings. The van der Waals surface area contributed by atoms with Gasteiger partial charge in [-0.3, -0.25) is 0 Å². The van der Waals surface area contributed by atoms with Gasteiger partial charge >= 0.3 is 0 Å². The molecule has 0 aliphatic carbocycles. The first kappa shape index (κ1) is 5.60. The number of hydrogen-bond donors (Lipinski definition) is 0. The smallest absolute Gasteiger partial charge is 0.0416 e. The molecule has 0 heterocycles. The molecule has 0 rings (SSSR count). The summed E-state index contributed by atoms with van der Waals surface area (Å²) in [6, 6.07) is 0. The predicted molar refractivity (Wildman–Crippen MR) is 29.1 cm³/mol. The second kappa shape index (κ2) is 3.47. The van der Waals surface area contributed by atoms with Crippen molar-refractivity contribution >= 4 is 5.97 Å². The maximum Gasteiger partial charge on any atom is 0.0416 e. The predicted octanol–water partition coefficient (Wildman–Crippen LogP) is 0.172. The fourth-order valence-corrected chi connectivity index (χ4v) is 0.381. The summed E-state index contributed by atoms with van der Waals surface area (Å²) in [4.78, 5) is 9.92. The summed E-state index contributed by atoms with van der Waals surface area (Å²) >= 11 is 0. The molecule has 0 bridgehead atoms. The average Bonchev–Trinajstić information content (AvgIpc) is 1.63. The summed E-state index contributed by atoms with van der Waals surface area (Å²) < 4.78 is 7.09. The van der Waals surface area contributed by atoms with Crippen LogP contribution in [0.5, 0.6) is 0 Å². The van der Waals surface area contributed by atoms with E-state index in [0.29, 0.717) is 0 Å². The second-order valence-electron chi connectivity index (χ2n) is 1.89. The number of carbonyl (C=O) groups is 1. The van der Waals surface area contributed by atoms with Gasteiger partial charge in [0.05, 0.1) is 0 Å². The van der Waals surface area contributed by atoms with E-state index in [1.807, 2.05) is 0 Å². The third-order valence-electron chi connectivity index (χ3n) is 1.06. The van der Waals surface area contributed by atoms with Crippen molar-refractivity contribution in [2.45, 2.75) is 26.7 Å². The third-order valence-corrected chi connectivity index (χ3v) is 1.06. The molecule has 0 aliphatic heterocycles. The minimum Gasteiger partial charge on any atom is -0.550 e. The lowest BCUT2D eigenvalue weighted by atomic mass is 10.1. The molecule has 0 radical (unpaired) electrons. The van der Waals surface area contributed by atoms with E-state index in [2.05, 4.69) is 0 Å². The normalized spacial score (nSPS) is 19.0. The van der Waals surface area contributed by atoms with Gasteiger partial charge in [-0.25, -0.2) is 0 Å². The number of rotatable bonds is 3. The fourth-order valence-electron chi connectivity index (χ4n) is 0.381. The summed E-state index contributed by atoms with van der Waals surface area (Å²) in [7, 11) is 0.